The van der Waals surface area contributed by atoms with E-state index in [9.17, 15) is 4.79 Å². The summed E-state index contributed by atoms with van der Waals surface area (Å²) in [5.41, 5.74) is 3.37. The average Bonchev–Trinajstić information content (AvgIpc) is 3.26. The third-order valence-electron chi connectivity index (χ3n) is 4.95. The molecule has 0 spiro atoms. The number of aromatic nitrogens is 4. The largest absolute Gasteiger partial charge is 0.497 e. The van der Waals surface area contributed by atoms with Crippen LogP contribution in [-0.2, 0) is 0 Å². The van der Waals surface area contributed by atoms with Gasteiger partial charge >= 0.3 is 0 Å². The highest BCUT2D eigenvalue weighted by atomic mass is 32.2. The molecule has 2 aromatic heterocycles. The summed E-state index contributed by atoms with van der Waals surface area (Å²) in [6.07, 6.45) is 3.47. The van der Waals surface area contributed by atoms with Gasteiger partial charge in [0.1, 0.15) is 11.5 Å². The number of methoxy groups -OCH3 is 2. The molecule has 8 heteroatoms. The molecule has 2 aromatic carbocycles. The molecule has 7 nitrogen and oxygen atoms in total. The van der Waals surface area contributed by atoms with Crippen molar-refractivity contribution >= 4 is 17.5 Å². The number of carbonyl (C=O) groups is 1. The lowest BCUT2D eigenvalue weighted by molar-refractivity contribution is 0.101. The first kappa shape index (κ1) is 21.6. The predicted octanol–water partition coefficient (Wildman–Crippen LogP) is 4.63. The van der Waals surface area contributed by atoms with Gasteiger partial charge in [0, 0.05) is 24.0 Å². The van der Waals surface area contributed by atoms with Crippen LogP contribution in [-0.4, -0.2) is 45.5 Å². The smallest absolute Gasteiger partial charge is 0.196 e. The topological polar surface area (TPSA) is 79.1 Å². The Hall–Kier alpha value is -3.65. The van der Waals surface area contributed by atoms with Crippen molar-refractivity contribution < 1.29 is 14.3 Å². The Morgan fingerprint density at radius 1 is 1.03 bits per heavy atom. The van der Waals surface area contributed by atoms with Crippen LogP contribution in [0.25, 0.3) is 17.1 Å². The highest BCUT2D eigenvalue weighted by Gasteiger charge is 2.20. The lowest BCUT2D eigenvalue weighted by atomic mass is 10.1. The molecule has 4 rings (SSSR count). The second-order valence-electron chi connectivity index (χ2n) is 6.95. The fraction of sp³-hybridized carbons (Fsp3) is 0.167. The second-order valence-corrected chi connectivity index (χ2v) is 7.89. The molecule has 2 heterocycles. The Morgan fingerprint density at radius 3 is 2.59 bits per heavy atom. The molecule has 0 atom stereocenters. The Balaban J connectivity index is 1.67. The van der Waals surface area contributed by atoms with Gasteiger partial charge in [-0.05, 0) is 42.8 Å². The standard InChI is InChI=1S/C24H22N4O3S/c1-16-7-4-5-9-20(16)28-23(17-8-6-12-25-14-17)26-27-24(28)32-15-21(29)19-11-10-18(30-2)13-22(19)31-3/h4-14H,15H2,1-3H3. The van der Waals surface area contributed by atoms with Gasteiger partial charge in [-0.15, -0.1) is 10.2 Å². The number of aryl methyl sites for hydroxylation is 1. The minimum Gasteiger partial charge on any atom is -0.497 e. The van der Waals surface area contributed by atoms with E-state index >= 15 is 0 Å². The van der Waals surface area contributed by atoms with Crippen LogP contribution in [0.2, 0.25) is 0 Å². The lowest BCUT2D eigenvalue weighted by Gasteiger charge is -2.13. The molecule has 0 amide bonds. The minimum atomic E-state index is -0.0724. The number of rotatable bonds is 8. The van der Waals surface area contributed by atoms with E-state index in [2.05, 4.69) is 15.2 Å². The average molecular weight is 447 g/mol. The van der Waals surface area contributed by atoms with Gasteiger partial charge in [0.2, 0.25) is 0 Å². The maximum Gasteiger partial charge on any atom is 0.196 e. The van der Waals surface area contributed by atoms with Crippen LogP contribution >= 0.6 is 11.8 Å². The van der Waals surface area contributed by atoms with Crippen molar-refractivity contribution in [3.63, 3.8) is 0 Å². The summed E-state index contributed by atoms with van der Waals surface area (Å²) in [4.78, 5) is 17.2. The van der Waals surface area contributed by atoms with Crippen LogP contribution in [0.1, 0.15) is 15.9 Å². The summed E-state index contributed by atoms with van der Waals surface area (Å²) < 4.78 is 12.6. The van der Waals surface area contributed by atoms with Crippen molar-refractivity contribution in [3.8, 4) is 28.6 Å². The van der Waals surface area contributed by atoms with E-state index in [4.69, 9.17) is 9.47 Å². The number of ether oxygens (including phenoxy) is 2. The molecule has 0 aliphatic heterocycles. The van der Waals surface area contributed by atoms with Crippen molar-refractivity contribution in [1.29, 1.82) is 0 Å². The number of nitrogens with zero attached hydrogens (tertiary/aromatic N) is 4. The van der Waals surface area contributed by atoms with Crippen molar-refractivity contribution in [2.24, 2.45) is 0 Å². The third kappa shape index (κ3) is 4.36. The monoisotopic (exact) mass is 446 g/mol. The molecule has 0 saturated carbocycles. The van der Waals surface area contributed by atoms with Gasteiger partial charge in [-0.1, -0.05) is 30.0 Å². The van der Waals surface area contributed by atoms with Gasteiger partial charge < -0.3 is 9.47 Å². The van der Waals surface area contributed by atoms with E-state index in [0.29, 0.717) is 28.0 Å². The van der Waals surface area contributed by atoms with Crippen LogP contribution < -0.4 is 9.47 Å². The Labute approximate surface area is 190 Å². The molecule has 0 fully saturated rings. The van der Waals surface area contributed by atoms with Gasteiger partial charge in [0.05, 0.1) is 31.2 Å². The summed E-state index contributed by atoms with van der Waals surface area (Å²) in [7, 11) is 3.11. The van der Waals surface area contributed by atoms with Gasteiger partial charge in [-0.2, -0.15) is 0 Å². The normalized spacial score (nSPS) is 10.7. The Kier molecular flexibility index (Phi) is 6.51. The molecule has 0 bridgehead atoms. The maximum absolute atomic E-state index is 13.0. The zero-order valence-electron chi connectivity index (χ0n) is 18.0. The number of hydrogen-bond donors (Lipinski definition) is 0. The number of ketones is 1. The lowest BCUT2D eigenvalue weighted by Crippen LogP contribution is -2.07. The molecule has 4 aromatic rings. The molecular weight excluding hydrogens is 424 g/mol. The van der Waals surface area contributed by atoms with Gasteiger partial charge in [-0.3, -0.25) is 14.3 Å². The zero-order chi connectivity index (χ0) is 22.5. The van der Waals surface area contributed by atoms with Crippen LogP contribution in [0.4, 0.5) is 0 Å². The molecule has 0 saturated heterocycles. The summed E-state index contributed by atoms with van der Waals surface area (Å²) in [5, 5.41) is 9.42. The van der Waals surface area contributed by atoms with Gasteiger partial charge in [0.15, 0.2) is 16.8 Å². The highest BCUT2D eigenvalue weighted by molar-refractivity contribution is 7.99. The van der Waals surface area contributed by atoms with Crippen molar-refractivity contribution in [3.05, 3.63) is 78.1 Å². The Morgan fingerprint density at radius 2 is 1.88 bits per heavy atom. The van der Waals surface area contributed by atoms with E-state index < -0.39 is 0 Å². The first-order chi connectivity index (χ1) is 15.6. The summed E-state index contributed by atoms with van der Waals surface area (Å²) >= 11 is 1.33. The van der Waals surface area contributed by atoms with Gasteiger partial charge in [0.25, 0.3) is 0 Å². The fourth-order valence-electron chi connectivity index (χ4n) is 3.31. The van der Waals surface area contributed by atoms with E-state index in [1.54, 1.807) is 37.7 Å². The highest BCUT2D eigenvalue weighted by Crippen LogP contribution is 2.31. The van der Waals surface area contributed by atoms with E-state index in [0.717, 1.165) is 16.8 Å². The quantitative estimate of drug-likeness (QED) is 0.288. The minimum absolute atomic E-state index is 0.0724. The summed E-state index contributed by atoms with van der Waals surface area (Å²) in [6, 6.07) is 17.0. The first-order valence-corrected chi connectivity index (χ1v) is 10.9. The van der Waals surface area contributed by atoms with Crippen molar-refractivity contribution in [2.75, 3.05) is 20.0 Å². The van der Waals surface area contributed by atoms with Crippen molar-refractivity contribution in [2.45, 2.75) is 12.1 Å². The molecule has 0 N–H and O–H groups in total. The molecule has 0 unspecified atom stereocenters. The maximum atomic E-state index is 13.0. The SMILES string of the molecule is COc1ccc(C(=O)CSc2nnc(-c3cccnc3)n2-c2ccccc2C)c(OC)c1. The van der Waals surface area contributed by atoms with Crippen LogP contribution in [0.15, 0.2) is 72.1 Å². The van der Waals surface area contributed by atoms with Crippen LogP contribution in [0, 0.1) is 6.92 Å². The van der Waals surface area contributed by atoms with Crippen molar-refractivity contribution in [1.82, 2.24) is 19.7 Å². The van der Waals surface area contributed by atoms with Gasteiger partial charge in [-0.25, -0.2) is 0 Å². The van der Waals surface area contributed by atoms with E-state index in [-0.39, 0.29) is 11.5 Å². The number of hydrogen-bond acceptors (Lipinski definition) is 7. The molecule has 0 radical (unpaired) electrons. The number of para-hydroxylation sites is 1. The number of thioether (sulfide) groups is 1. The van der Waals surface area contributed by atoms with Crippen LogP contribution in [0.5, 0.6) is 11.5 Å². The van der Waals surface area contributed by atoms with Crippen LogP contribution in [0.3, 0.4) is 0 Å². The number of pyridine rings is 1. The number of carbonyl (C=O) groups excluding carboxylic acids is 1. The molecule has 32 heavy (non-hydrogen) atoms. The second kappa shape index (κ2) is 9.65. The number of Topliss-reactive ketones (excluding diaryl/α,β-unsaturated/α-hetero) is 1. The molecular formula is C24H22N4O3S. The molecule has 162 valence electrons. The fourth-order valence-corrected chi connectivity index (χ4v) is 4.14. The first-order valence-electron chi connectivity index (χ1n) is 9.92. The third-order valence-corrected chi connectivity index (χ3v) is 5.88. The summed E-state index contributed by atoms with van der Waals surface area (Å²) in [6.45, 7) is 2.03. The molecule has 0 aliphatic rings. The Bertz CT molecular complexity index is 1240. The zero-order valence-corrected chi connectivity index (χ0v) is 18.8. The predicted molar refractivity (Wildman–Crippen MR) is 124 cm³/mol. The molecule has 0 aliphatic carbocycles. The van der Waals surface area contributed by atoms with E-state index in [1.807, 2.05) is 47.9 Å². The number of benzene rings is 2. The van der Waals surface area contributed by atoms with E-state index in [1.165, 1.54) is 18.9 Å². The summed E-state index contributed by atoms with van der Waals surface area (Å²) in [5.74, 6) is 1.89.